The largest absolute Gasteiger partial charge is 0.495 e. The van der Waals surface area contributed by atoms with E-state index in [2.05, 4.69) is 6.92 Å². The maximum atomic E-state index is 12.4. The third kappa shape index (κ3) is 7.17. The van der Waals surface area contributed by atoms with Crippen LogP contribution >= 0.6 is 11.3 Å². The zero-order chi connectivity index (χ0) is 18.9. The third-order valence-corrected chi connectivity index (χ3v) is 4.12. The topological polar surface area (TPSA) is 46.5 Å². The van der Waals surface area contributed by atoms with Gasteiger partial charge >= 0.3 is 12.1 Å². The van der Waals surface area contributed by atoms with Gasteiger partial charge in [0, 0.05) is 10.8 Å². The summed E-state index contributed by atoms with van der Waals surface area (Å²) in [7, 11) is 1.45. The van der Waals surface area contributed by atoms with Crippen LogP contribution in [0.15, 0.2) is 35.0 Å². The first kappa shape index (κ1) is 21.0. The third-order valence-electron chi connectivity index (χ3n) is 3.40. The van der Waals surface area contributed by atoms with Crippen molar-refractivity contribution in [1.82, 2.24) is 0 Å². The van der Waals surface area contributed by atoms with E-state index in [1.807, 2.05) is 0 Å². The first-order chi connectivity index (χ1) is 11.8. The molecule has 1 N–H and O–H groups in total. The molecule has 0 saturated carbocycles. The minimum Gasteiger partial charge on any atom is -0.495 e. The molecule has 1 heterocycles. The van der Waals surface area contributed by atoms with E-state index in [4.69, 9.17) is 9.84 Å². The number of alkyl halides is 3. The number of aromatic carboxylic acids is 1. The molecule has 138 valence electrons. The highest BCUT2D eigenvalue weighted by Gasteiger charge is 2.30. The molecule has 0 aliphatic rings. The summed E-state index contributed by atoms with van der Waals surface area (Å²) in [5.74, 6) is -0.518. The van der Waals surface area contributed by atoms with Crippen LogP contribution < -0.4 is 4.74 Å². The smallest absolute Gasteiger partial charge is 0.416 e. The van der Waals surface area contributed by atoms with Crippen molar-refractivity contribution in [3.63, 3.8) is 0 Å². The van der Waals surface area contributed by atoms with Gasteiger partial charge in [0.15, 0.2) is 0 Å². The summed E-state index contributed by atoms with van der Waals surface area (Å²) in [4.78, 5) is 10.4. The van der Waals surface area contributed by atoms with Gasteiger partial charge in [-0.1, -0.05) is 38.0 Å². The van der Waals surface area contributed by atoms with Crippen molar-refractivity contribution in [2.45, 2.75) is 38.8 Å². The van der Waals surface area contributed by atoms with Gasteiger partial charge < -0.3 is 9.84 Å². The average molecular weight is 374 g/mol. The highest BCUT2D eigenvalue weighted by Crippen LogP contribution is 2.29. The molecule has 0 aliphatic heterocycles. The molecule has 25 heavy (non-hydrogen) atoms. The van der Waals surface area contributed by atoms with Gasteiger partial charge in [0.25, 0.3) is 0 Å². The molecule has 2 aromatic rings. The van der Waals surface area contributed by atoms with E-state index in [0.29, 0.717) is 5.75 Å². The molecule has 0 unspecified atom stereocenters. The Bertz CT molecular complexity index is 666. The van der Waals surface area contributed by atoms with E-state index < -0.39 is 17.7 Å². The number of carboxylic acids is 1. The lowest BCUT2D eigenvalue weighted by Gasteiger charge is -2.08. The number of hydrogen-bond acceptors (Lipinski definition) is 3. The average Bonchev–Trinajstić information content (AvgIpc) is 3.04. The lowest BCUT2D eigenvalue weighted by atomic mass is 10.0. The minimum absolute atomic E-state index is 0.229. The van der Waals surface area contributed by atoms with Crippen LogP contribution in [-0.4, -0.2) is 18.2 Å². The van der Waals surface area contributed by atoms with E-state index in [-0.39, 0.29) is 5.56 Å². The predicted octanol–water partition coefficient (Wildman–Crippen LogP) is 5.89. The van der Waals surface area contributed by atoms with Crippen molar-refractivity contribution in [1.29, 1.82) is 0 Å². The summed E-state index contributed by atoms with van der Waals surface area (Å²) in [6.45, 7) is 2.08. The Balaban J connectivity index is 0.000000271. The zero-order valence-corrected chi connectivity index (χ0v) is 14.9. The van der Waals surface area contributed by atoms with Crippen LogP contribution in [0.1, 0.15) is 47.7 Å². The molecule has 2 rings (SSSR count). The van der Waals surface area contributed by atoms with Gasteiger partial charge in [-0.15, -0.1) is 11.3 Å². The summed E-state index contributed by atoms with van der Waals surface area (Å²) in [6, 6.07) is 5.59. The van der Waals surface area contributed by atoms with Crippen LogP contribution in [-0.2, 0) is 12.6 Å². The number of carbonyl (C=O) groups is 1. The fourth-order valence-corrected chi connectivity index (χ4v) is 2.85. The molecule has 1 aromatic heterocycles. The Morgan fingerprint density at radius 2 is 1.96 bits per heavy atom. The maximum Gasteiger partial charge on any atom is 0.416 e. The second-order valence-corrected chi connectivity index (χ2v) is 6.06. The van der Waals surface area contributed by atoms with Gasteiger partial charge in [-0.25, -0.2) is 4.79 Å². The molecule has 0 radical (unpaired) electrons. The van der Waals surface area contributed by atoms with Crippen LogP contribution in [0.4, 0.5) is 13.2 Å². The lowest BCUT2D eigenvalue weighted by molar-refractivity contribution is -0.137. The fraction of sp³-hybridized carbons (Fsp3) is 0.389. The van der Waals surface area contributed by atoms with Gasteiger partial charge in [0.05, 0.1) is 12.7 Å². The summed E-state index contributed by atoms with van der Waals surface area (Å²) in [5, 5.41) is 11.7. The Hall–Kier alpha value is -2.02. The first-order valence-corrected chi connectivity index (χ1v) is 8.73. The molecule has 0 fully saturated rings. The van der Waals surface area contributed by atoms with Gasteiger partial charge in [-0.05, 0) is 24.5 Å². The quantitative estimate of drug-likeness (QED) is 0.641. The number of methoxy groups -OCH3 is 1. The van der Waals surface area contributed by atoms with Crippen molar-refractivity contribution in [3.05, 3.63) is 51.7 Å². The maximum absolute atomic E-state index is 12.4. The van der Waals surface area contributed by atoms with Crippen molar-refractivity contribution < 1.29 is 27.8 Å². The van der Waals surface area contributed by atoms with Gasteiger partial charge in [-0.3, -0.25) is 0 Å². The van der Waals surface area contributed by atoms with E-state index >= 15 is 0 Å². The molecule has 0 spiro atoms. The highest BCUT2D eigenvalue weighted by molar-refractivity contribution is 7.08. The fourth-order valence-electron chi connectivity index (χ4n) is 2.08. The Labute approximate surface area is 149 Å². The summed E-state index contributed by atoms with van der Waals surface area (Å²) in [6.07, 6.45) is -0.383. The number of halogens is 3. The molecule has 0 amide bonds. The van der Waals surface area contributed by atoms with Crippen LogP contribution in [0.2, 0.25) is 0 Å². The number of benzene rings is 1. The van der Waals surface area contributed by atoms with Crippen LogP contribution in [0.25, 0.3) is 0 Å². The Kier molecular flexibility index (Phi) is 8.48. The molecule has 7 heteroatoms. The molecule has 0 bridgehead atoms. The van der Waals surface area contributed by atoms with Crippen LogP contribution in [0, 0.1) is 0 Å². The second-order valence-electron chi connectivity index (χ2n) is 5.31. The minimum atomic E-state index is -4.22. The van der Waals surface area contributed by atoms with Crippen molar-refractivity contribution in [2.75, 3.05) is 7.11 Å². The first-order valence-electron chi connectivity index (χ1n) is 7.79. The van der Waals surface area contributed by atoms with Gasteiger partial charge in [0.1, 0.15) is 11.3 Å². The number of unbranched alkanes of at least 4 members (excludes halogenated alkanes) is 2. The standard InChI is InChI=1S/C12H15F3.C6H6O3S/c1-2-3-4-6-10-7-5-8-11(9-10)12(13,14)15;1-9-5-3-10-2-4(5)6(7)8/h5,7-9H,2-4,6H2,1H3;2-3H,1H3,(H,7,8). The zero-order valence-electron chi connectivity index (χ0n) is 14.1. The van der Waals surface area contributed by atoms with E-state index in [1.54, 1.807) is 16.8 Å². The van der Waals surface area contributed by atoms with Crippen molar-refractivity contribution >= 4 is 17.3 Å². The molecule has 1 aromatic carbocycles. The predicted molar refractivity (Wildman–Crippen MR) is 92.5 cm³/mol. The summed E-state index contributed by atoms with van der Waals surface area (Å²) < 4.78 is 41.8. The SMILES string of the molecule is CCCCCc1cccc(C(F)(F)F)c1.COc1cscc1C(=O)O. The molecule has 0 aliphatic carbocycles. The summed E-state index contributed by atoms with van der Waals surface area (Å²) >= 11 is 1.31. The normalized spacial score (nSPS) is 10.8. The Morgan fingerprint density at radius 1 is 1.24 bits per heavy atom. The van der Waals surface area contributed by atoms with Crippen LogP contribution in [0.3, 0.4) is 0 Å². The van der Waals surface area contributed by atoms with E-state index in [9.17, 15) is 18.0 Å². The number of ether oxygens (including phenoxy) is 1. The molecular formula is C18H21F3O3S. The number of carboxylic acid groups (broad SMARTS) is 1. The monoisotopic (exact) mass is 374 g/mol. The molecule has 0 saturated heterocycles. The molecule has 0 atom stereocenters. The molecular weight excluding hydrogens is 353 g/mol. The second kappa shape index (κ2) is 10.1. The van der Waals surface area contributed by atoms with Crippen molar-refractivity contribution in [3.8, 4) is 5.75 Å². The number of thiophene rings is 1. The van der Waals surface area contributed by atoms with Gasteiger partial charge in [-0.2, -0.15) is 13.2 Å². The van der Waals surface area contributed by atoms with E-state index in [1.165, 1.54) is 30.6 Å². The number of aryl methyl sites for hydroxylation is 1. The van der Waals surface area contributed by atoms with Crippen molar-refractivity contribution in [2.24, 2.45) is 0 Å². The van der Waals surface area contributed by atoms with E-state index in [0.717, 1.165) is 37.3 Å². The van der Waals surface area contributed by atoms with Gasteiger partial charge in [0.2, 0.25) is 0 Å². The Morgan fingerprint density at radius 3 is 2.48 bits per heavy atom. The summed E-state index contributed by atoms with van der Waals surface area (Å²) in [5.41, 5.74) is 0.460. The van der Waals surface area contributed by atoms with Crippen LogP contribution in [0.5, 0.6) is 5.75 Å². The molecule has 3 nitrogen and oxygen atoms in total. The number of hydrogen-bond donors (Lipinski definition) is 1. The highest BCUT2D eigenvalue weighted by atomic mass is 32.1. The lowest BCUT2D eigenvalue weighted by Crippen LogP contribution is -2.05. The number of rotatable bonds is 6.